The molecule has 0 rings (SSSR count). The summed E-state index contributed by atoms with van der Waals surface area (Å²) in [5.41, 5.74) is 0. The van der Waals surface area contributed by atoms with Crippen LogP contribution < -0.4 is 0 Å². The smallest absolute Gasteiger partial charge is 0.0160 e. The molecule has 0 saturated carbocycles. The first-order chi connectivity index (χ1) is 7.31. The molecule has 15 heavy (non-hydrogen) atoms. The second kappa shape index (κ2) is 11.8. The second-order valence-electron chi connectivity index (χ2n) is 4.41. The van der Waals surface area contributed by atoms with Crippen LogP contribution in [0.5, 0.6) is 0 Å². The molecule has 0 aromatic carbocycles. The molecule has 0 atom stereocenters. The number of likely N-dealkylation sites (N-methyl/N-ethyl adjacent to an activating group) is 1. The Kier molecular flexibility index (Phi) is 11.5. The first kappa shape index (κ1) is 14.7. The maximum atomic E-state index is 2.41. The van der Waals surface area contributed by atoms with Crippen LogP contribution >= 0.6 is 0 Å². The van der Waals surface area contributed by atoms with Gasteiger partial charge < -0.3 is 4.90 Å². The zero-order chi connectivity index (χ0) is 11.4. The highest BCUT2D eigenvalue weighted by Gasteiger charge is 1.95. The van der Waals surface area contributed by atoms with Crippen molar-refractivity contribution in [2.24, 2.45) is 0 Å². The number of nitrogens with zero attached hydrogens (tertiary/aromatic N) is 1. The van der Waals surface area contributed by atoms with E-state index in [0.717, 1.165) is 13.0 Å². The summed E-state index contributed by atoms with van der Waals surface area (Å²) in [6.07, 6.45) is 14.1. The quantitative estimate of drug-likeness (QED) is 0.386. The molecule has 0 aliphatic heterocycles. The first-order valence-corrected chi connectivity index (χ1v) is 6.64. The largest absolute Gasteiger partial charge is 0.303 e. The van der Waals surface area contributed by atoms with Crippen LogP contribution in [0.1, 0.15) is 58.8 Å². The van der Waals surface area contributed by atoms with E-state index in [1.54, 1.807) is 0 Å². The first-order valence-electron chi connectivity index (χ1n) is 6.64. The number of allylic oxidation sites excluding steroid dienone is 1. The van der Waals surface area contributed by atoms with E-state index >= 15 is 0 Å². The molecule has 0 saturated heterocycles. The molecule has 0 aromatic rings. The summed E-state index contributed by atoms with van der Waals surface area (Å²) in [7, 11) is 2.21. The second-order valence-corrected chi connectivity index (χ2v) is 4.41. The zero-order valence-corrected chi connectivity index (χ0v) is 11.0. The lowest BCUT2D eigenvalue weighted by Gasteiger charge is -2.13. The van der Waals surface area contributed by atoms with Gasteiger partial charge in [0, 0.05) is 6.54 Å². The molecule has 0 aliphatic rings. The van der Waals surface area contributed by atoms with Crippen molar-refractivity contribution in [2.45, 2.75) is 58.8 Å². The Morgan fingerprint density at radius 2 is 1.53 bits per heavy atom. The summed E-state index contributed by atoms with van der Waals surface area (Å²) in [5.74, 6) is 0. The lowest BCUT2D eigenvalue weighted by molar-refractivity contribution is 0.356. The van der Waals surface area contributed by atoms with Crippen molar-refractivity contribution in [3.05, 3.63) is 12.2 Å². The zero-order valence-electron chi connectivity index (χ0n) is 11.0. The van der Waals surface area contributed by atoms with Crippen LogP contribution in [-0.2, 0) is 0 Å². The Labute approximate surface area is 96.6 Å². The fourth-order valence-electron chi connectivity index (χ4n) is 1.67. The van der Waals surface area contributed by atoms with E-state index in [2.05, 4.69) is 37.9 Å². The molecule has 0 aliphatic carbocycles. The molecule has 0 radical (unpaired) electrons. The minimum absolute atomic E-state index is 1.11. The average Bonchev–Trinajstić information content (AvgIpc) is 2.23. The lowest BCUT2D eigenvalue weighted by Crippen LogP contribution is -2.19. The SMILES string of the molecule is CCC=CCN(C)CCCCCCCC. The Hall–Kier alpha value is -0.300. The Morgan fingerprint density at radius 1 is 0.867 bits per heavy atom. The summed E-state index contributed by atoms with van der Waals surface area (Å²) < 4.78 is 0. The third kappa shape index (κ3) is 11.6. The molecule has 0 spiro atoms. The molecule has 0 bridgehead atoms. The van der Waals surface area contributed by atoms with Crippen LogP contribution in [0.3, 0.4) is 0 Å². The Morgan fingerprint density at radius 3 is 2.20 bits per heavy atom. The third-order valence-corrected chi connectivity index (χ3v) is 2.71. The standard InChI is InChI=1S/C14H29N/c1-4-6-8-9-10-12-14-15(3)13-11-7-5-2/h7,11H,4-6,8-10,12-14H2,1-3H3. The van der Waals surface area contributed by atoms with Crippen molar-refractivity contribution in [3.63, 3.8) is 0 Å². The Bertz CT molecular complexity index is 140. The molecule has 0 amide bonds. The van der Waals surface area contributed by atoms with Crippen LogP contribution in [0.2, 0.25) is 0 Å². The molecule has 0 fully saturated rings. The fraction of sp³-hybridized carbons (Fsp3) is 0.857. The van der Waals surface area contributed by atoms with Gasteiger partial charge in [0.25, 0.3) is 0 Å². The summed E-state index contributed by atoms with van der Waals surface area (Å²) in [5, 5.41) is 0. The normalized spacial score (nSPS) is 11.7. The maximum Gasteiger partial charge on any atom is 0.0160 e. The highest BCUT2D eigenvalue weighted by Crippen LogP contribution is 2.05. The number of hydrogen-bond donors (Lipinski definition) is 0. The predicted molar refractivity (Wildman–Crippen MR) is 70.3 cm³/mol. The number of unbranched alkanes of at least 4 members (excludes halogenated alkanes) is 5. The molecule has 1 heteroatoms. The molecule has 1 nitrogen and oxygen atoms in total. The van der Waals surface area contributed by atoms with Crippen LogP contribution in [0, 0.1) is 0 Å². The van der Waals surface area contributed by atoms with Gasteiger partial charge in [0.2, 0.25) is 0 Å². The molecule has 0 unspecified atom stereocenters. The highest BCUT2D eigenvalue weighted by atomic mass is 15.1. The third-order valence-electron chi connectivity index (χ3n) is 2.71. The monoisotopic (exact) mass is 211 g/mol. The van der Waals surface area contributed by atoms with Crippen LogP contribution in [-0.4, -0.2) is 25.0 Å². The van der Waals surface area contributed by atoms with E-state index in [4.69, 9.17) is 0 Å². The van der Waals surface area contributed by atoms with Crippen LogP contribution in [0.15, 0.2) is 12.2 Å². The van der Waals surface area contributed by atoms with Crippen molar-refractivity contribution >= 4 is 0 Å². The van der Waals surface area contributed by atoms with Crippen molar-refractivity contribution in [1.82, 2.24) is 4.90 Å². The van der Waals surface area contributed by atoms with Gasteiger partial charge in [0.1, 0.15) is 0 Å². The summed E-state index contributed by atoms with van der Waals surface area (Å²) in [4.78, 5) is 2.41. The van der Waals surface area contributed by atoms with Crippen molar-refractivity contribution in [1.29, 1.82) is 0 Å². The minimum Gasteiger partial charge on any atom is -0.303 e. The summed E-state index contributed by atoms with van der Waals surface area (Å²) in [6.45, 7) is 6.82. The average molecular weight is 211 g/mol. The van der Waals surface area contributed by atoms with E-state index in [0.29, 0.717) is 0 Å². The van der Waals surface area contributed by atoms with Crippen LogP contribution in [0.25, 0.3) is 0 Å². The Balaban J connectivity index is 3.16. The van der Waals surface area contributed by atoms with Gasteiger partial charge >= 0.3 is 0 Å². The van der Waals surface area contributed by atoms with Gasteiger partial charge in [0.05, 0.1) is 0 Å². The van der Waals surface area contributed by atoms with E-state index in [-0.39, 0.29) is 0 Å². The molecule has 90 valence electrons. The minimum atomic E-state index is 1.11. The predicted octanol–water partition coefficient (Wildman–Crippen LogP) is 4.24. The van der Waals surface area contributed by atoms with E-state index < -0.39 is 0 Å². The summed E-state index contributed by atoms with van der Waals surface area (Å²) >= 11 is 0. The van der Waals surface area contributed by atoms with Crippen molar-refractivity contribution in [2.75, 3.05) is 20.1 Å². The summed E-state index contributed by atoms with van der Waals surface area (Å²) in [6, 6.07) is 0. The van der Waals surface area contributed by atoms with Gasteiger partial charge in [-0.1, -0.05) is 58.1 Å². The number of rotatable bonds is 10. The molecular weight excluding hydrogens is 182 g/mol. The highest BCUT2D eigenvalue weighted by molar-refractivity contribution is 4.82. The van der Waals surface area contributed by atoms with E-state index in [1.165, 1.54) is 45.1 Å². The van der Waals surface area contributed by atoms with Crippen molar-refractivity contribution < 1.29 is 0 Å². The maximum absolute atomic E-state index is 2.41. The van der Waals surface area contributed by atoms with Gasteiger partial charge in [-0.15, -0.1) is 0 Å². The van der Waals surface area contributed by atoms with Gasteiger partial charge in [-0.3, -0.25) is 0 Å². The topological polar surface area (TPSA) is 3.24 Å². The van der Waals surface area contributed by atoms with Gasteiger partial charge in [0.15, 0.2) is 0 Å². The lowest BCUT2D eigenvalue weighted by atomic mass is 10.1. The van der Waals surface area contributed by atoms with Crippen molar-refractivity contribution in [3.8, 4) is 0 Å². The van der Waals surface area contributed by atoms with Crippen LogP contribution in [0.4, 0.5) is 0 Å². The van der Waals surface area contributed by atoms with Gasteiger partial charge in [-0.25, -0.2) is 0 Å². The van der Waals surface area contributed by atoms with Gasteiger partial charge in [-0.05, 0) is 26.4 Å². The van der Waals surface area contributed by atoms with E-state index in [1.807, 2.05) is 0 Å². The molecule has 0 heterocycles. The number of hydrogen-bond acceptors (Lipinski definition) is 1. The molecular formula is C14H29N. The van der Waals surface area contributed by atoms with Gasteiger partial charge in [-0.2, -0.15) is 0 Å². The fourth-order valence-corrected chi connectivity index (χ4v) is 1.67. The van der Waals surface area contributed by atoms with E-state index in [9.17, 15) is 0 Å². The molecule has 0 aromatic heterocycles. The molecule has 0 N–H and O–H groups in total.